The van der Waals surface area contributed by atoms with Crippen LogP contribution in [-0.2, 0) is 14.3 Å². The van der Waals surface area contributed by atoms with Gasteiger partial charge in [-0.05, 0) is 19.4 Å². The number of rotatable bonds is 3. The minimum atomic E-state index is -0.162. The molecule has 0 saturated carbocycles. The molecule has 3 rings (SSSR count). The first-order valence-corrected chi connectivity index (χ1v) is 7.96. The van der Waals surface area contributed by atoms with Gasteiger partial charge in [-0.15, -0.1) is 0 Å². The van der Waals surface area contributed by atoms with E-state index in [2.05, 4.69) is 5.10 Å². The first kappa shape index (κ1) is 15.7. The Morgan fingerprint density at radius 3 is 2.70 bits per heavy atom. The van der Waals surface area contributed by atoms with Crippen molar-refractivity contribution in [2.75, 3.05) is 19.6 Å². The van der Waals surface area contributed by atoms with Gasteiger partial charge < -0.3 is 9.64 Å². The molecule has 2 aliphatic heterocycles. The smallest absolute Gasteiger partial charge is 0.270 e. The number of amides is 2. The topological polar surface area (TPSA) is 62.2 Å². The Bertz CT molecular complexity index is 629. The van der Waals surface area contributed by atoms with Crippen molar-refractivity contribution in [3.63, 3.8) is 0 Å². The second kappa shape index (κ2) is 6.50. The number of nitrogens with zero attached hydrogens (tertiary/aromatic N) is 3. The number of hydrogen-bond donors (Lipinski definition) is 0. The Kier molecular flexibility index (Phi) is 4.43. The lowest BCUT2D eigenvalue weighted by atomic mass is 10.1. The standard InChI is InChI=1S/C17H21N3O3/c1-3-20-16(21)9-14(18-20)17(22)19-10-12(2)23-15(11-19)13-7-5-4-6-8-13/h4-8,12,15H,3,9-11H2,1-2H3/t12-,15-/m0/s1. The fraction of sp³-hybridized carbons (Fsp3) is 0.471. The van der Waals surface area contributed by atoms with Gasteiger partial charge in [-0.1, -0.05) is 30.3 Å². The molecule has 0 radical (unpaired) electrons. The number of carbonyl (C=O) groups is 2. The molecule has 2 atom stereocenters. The largest absolute Gasteiger partial charge is 0.367 e. The zero-order chi connectivity index (χ0) is 16.4. The molecule has 0 N–H and O–H groups in total. The van der Waals surface area contributed by atoms with Crippen LogP contribution in [0.5, 0.6) is 0 Å². The third-order valence-electron chi connectivity index (χ3n) is 4.11. The molecule has 0 spiro atoms. The molecule has 6 nitrogen and oxygen atoms in total. The second-order valence-electron chi connectivity index (χ2n) is 5.89. The highest BCUT2D eigenvalue weighted by Crippen LogP contribution is 2.25. The van der Waals surface area contributed by atoms with Crippen LogP contribution in [0.4, 0.5) is 0 Å². The van der Waals surface area contributed by atoms with Crippen molar-refractivity contribution in [3.8, 4) is 0 Å². The molecular formula is C17H21N3O3. The third kappa shape index (κ3) is 3.27. The van der Waals surface area contributed by atoms with Crippen LogP contribution in [-0.4, -0.2) is 53.2 Å². The molecule has 1 aromatic carbocycles. The number of hydrogen-bond acceptors (Lipinski definition) is 4. The van der Waals surface area contributed by atoms with Gasteiger partial charge in [0.15, 0.2) is 0 Å². The molecule has 0 aliphatic carbocycles. The van der Waals surface area contributed by atoms with Crippen molar-refractivity contribution in [1.29, 1.82) is 0 Å². The highest BCUT2D eigenvalue weighted by molar-refractivity contribution is 6.43. The van der Waals surface area contributed by atoms with Gasteiger partial charge in [-0.3, -0.25) is 9.59 Å². The molecule has 1 saturated heterocycles. The van der Waals surface area contributed by atoms with Gasteiger partial charge in [0.1, 0.15) is 11.8 Å². The first-order valence-electron chi connectivity index (χ1n) is 7.96. The number of hydrazone groups is 1. The fourth-order valence-corrected chi connectivity index (χ4v) is 2.99. The SMILES string of the molecule is CCN1N=C(C(=O)N2C[C@@H](c3ccccc3)O[C@@H](C)C2)CC1=O. The van der Waals surface area contributed by atoms with Gasteiger partial charge in [0.05, 0.1) is 19.1 Å². The van der Waals surface area contributed by atoms with Crippen molar-refractivity contribution < 1.29 is 14.3 Å². The van der Waals surface area contributed by atoms with Gasteiger partial charge in [-0.25, -0.2) is 5.01 Å². The lowest BCUT2D eigenvalue weighted by Gasteiger charge is -2.37. The summed E-state index contributed by atoms with van der Waals surface area (Å²) in [5.74, 6) is -0.276. The lowest BCUT2D eigenvalue weighted by Crippen LogP contribution is -2.48. The van der Waals surface area contributed by atoms with E-state index in [4.69, 9.17) is 4.74 Å². The van der Waals surface area contributed by atoms with E-state index >= 15 is 0 Å². The van der Waals surface area contributed by atoms with E-state index in [0.717, 1.165) is 5.56 Å². The number of morpholine rings is 1. The summed E-state index contributed by atoms with van der Waals surface area (Å²) in [7, 11) is 0. The minimum Gasteiger partial charge on any atom is -0.367 e. The Hall–Kier alpha value is -2.21. The molecule has 2 amide bonds. The summed E-state index contributed by atoms with van der Waals surface area (Å²) >= 11 is 0. The Morgan fingerprint density at radius 2 is 2.04 bits per heavy atom. The maximum Gasteiger partial charge on any atom is 0.270 e. The summed E-state index contributed by atoms with van der Waals surface area (Å²) in [5.41, 5.74) is 1.38. The quantitative estimate of drug-likeness (QED) is 0.851. The van der Waals surface area contributed by atoms with Crippen molar-refractivity contribution in [3.05, 3.63) is 35.9 Å². The van der Waals surface area contributed by atoms with Crippen molar-refractivity contribution in [2.24, 2.45) is 5.10 Å². The summed E-state index contributed by atoms with van der Waals surface area (Å²) in [6.45, 7) is 5.28. The van der Waals surface area contributed by atoms with E-state index in [-0.39, 0.29) is 30.4 Å². The summed E-state index contributed by atoms with van der Waals surface area (Å²) in [6, 6.07) is 9.88. The van der Waals surface area contributed by atoms with Crippen LogP contribution < -0.4 is 0 Å². The maximum atomic E-state index is 12.7. The van der Waals surface area contributed by atoms with Crippen molar-refractivity contribution >= 4 is 17.5 Å². The molecule has 2 heterocycles. The van der Waals surface area contributed by atoms with Crippen LogP contribution in [0.1, 0.15) is 31.9 Å². The summed E-state index contributed by atoms with van der Waals surface area (Å²) in [6.07, 6.45) is -0.115. The van der Waals surface area contributed by atoms with Gasteiger partial charge >= 0.3 is 0 Å². The maximum absolute atomic E-state index is 12.7. The van der Waals surface area contributed by atoms with Crippen LogP contribution in [0.15, 0.2) is 35.4 Å². The molecule has 2 aliphatic rings. The van der Waals surface area contributed by atoms with Crippen molar-refractivity contribution in [2.45, 2.75) is 32.5 Å². The molecule has 1 aromatic rings. The van der Waals surface area contributed by atoms with E-state index in [1.54, 1.807) is 4.90 Å². The third-order valence-corrected chi connectivity index (χ3v) is 4.11. The van der Waals surface area contributed by atoms with E-state index in [1.165, 1.54) is 5.01 Å². The molecule has 0 bridgehead atoms. The Morgan fingerprint density at radius 1 is 1.30 bits per heavy atom. The zero-order valence-corrected chi connectivity index (χ0v) is 13.4. The van der Waals surface area contributed by atoms with E-state index < -0.39 is 0 Å². The molecule has 23 heavy (non-hydrogen) atoms. The Balaban J connectivity index is 1.75. The van der Waals surface area contributed by atoms with Gasteiger partial charge in [0.2, 0.25) is 5.91 Å². The molecule has 0 unspecified atom stereocenters. The lowest BCUT2D eigenvalue weighted by molar-refractivity contribution is -0.138. The molecule has 6 heteroatoms. The number of ether oxygens (including phenoxy) is 1. The highest BCUT2D eigenvalue weighted by atomic mass is 16.5. The zero-order valence-electron chi connectivity index (χ0n) is 13.4. The normalized spacial score (nSPS) is 24.8. The highest BCUT2D eigenvalue weighted by Gasteiger charge is 2.35. The van der Waals surface area contributed by atoms with E-state index in [9.17, 15) is 9.59 Å². The van der Waals surface area contributed by atoms with Gasteiger partial charge in [0, 0.05) is 13.1 Å². The predicted octanol–water partition coefficient (Wildman–Crippen LogP) is 1.58. The molecule has 0 aromatic heterocycles. The van der Waals surface area contributed by atoms with Crippen LogP contribution in [0.2, 0.25) is 0 Å². The van der Waals surface area contributed by atoms with Crippen molar-refractivity contribution in [1.82, 2.24) is 9.91 Å². The average Bonchev–Trinajstić information content (AvgIpc) is 2.95. The average molecular weight is 315 g/mol. The monoisotopic (exact) mass is 315 g/mol. The van der Waals surface area contributed by atoms with Gasteiger partial charge in [0.25, 0.3) is 5.91 Å². The van der Waals surface area contributed by atoms with E-state index in [1.807, 2.05) is 44.2 Å². The number of carbonyl (C=O) groups excluding carboxylic acids is 2. The minimum absolute atomic E-state index is 0.0575. The fourth-order valence-electron chi connectivity index (χ4n) is 2.99. The molecular weight excluding hydrogens is 294 g/mol. The summed E-state index contributed by atoms with van der Waals surface area (Å²) < 4.78 is 5.97. The molecule has 122 valence electrons. The second-order valence-corrected chi connectivity index (χ2v) is 5.89. The summed E-state index contributed by atoms with van der Waals surface area (Å²) in [5, 5.41) is 5.51. The first-order chi connectivity index (χ1) is 11.1. The van der Waals surface area contributed by atoms with Crippen LogP contribution in [0, 0.1) is 0 Å². The summed E-state index contributed by atoms with van der Waals surface area (Å²) in [4.78, 5) is 26.2. The van der Waals surface area contributed by atoms with Crippen LogP contribution in [0.3, 0.4) is 0 Å². The number of benzene rings is 1. The van der Waals surface area contributed by atoms with Gasteiger partial charge in [-0.2, -0.15) is 5.10 Å². The Labute approximate surface area is 135 Å². The van der Waals surface area contributed by atoms with Crippen LogP contribution >= 0.6 is 0 Å². The predicted molar refractivity (Wildman–Crippen MR) is 85.7 cm³/mol. The van der Waals surface area contributed by atoms with Crippen LogP contribution in [0.25, 0.3) is 0 Å². The molecule has 1 fully saturated rings. The van der Waals surface area contributed by atoms with E-state index in [0.29, 0.717) is 25.3 Å².